The summed E-state index contributed by atoms with van der Waals surface area (Å²) in [6.07, 6.45) is -0.615. The van der Waals surface area contributed by atoms with Crippen molar-refractivity contribution in [2.24, 2.45) is 5.41 Å². The summed E-state index contributed by atoms with van der Waals surface area (Å²) in [5, 5.41) is 2.89. The van der Waals surface area contributed by atoms with E-state index >= 15 is 0 Å². The van der Waals surface area contributed by atoms with Gasteiger partial charge in [-0.1, -0.05) is 32.9 Å². The highest BCUT2D eigenvalue weighted by atomic mass is 32.1. The van der Waals surface area contributed by atoms with Gasteiger partial charge in [0.15, 0.2) is 0 Å². The maximum absolute atomic E-state index is 8.80. The van der Waals surface area contributed by atoms with Gasteiger partial charge in [0.1, 0.15) is 11.2 Å². The van der Waals surface area contributed by atoms with Crippen molar-refractivity contribution in [3.05, 3.63) is 58.7 Å². The molecule has 5 aromatic rings. The minimum absolute atomic E-state index is 0.0743. The summed E-state index contributed by atoms with van der Waals surface area (Å²) in [6.45, 7) is 4.78. The van der Waals surface area contributed by atoms with Crippen molar-refractivity contribution in [3.8, 4) is 11.3 Å². The number of benzene rings is 2. The monoisotopic (exact) mass is 405 g/mol. The summed E-state index contributed by atoms with van der Waals surface area (Å²) < 4.78 is 48.8. The maximum Gasteiger partial charge on any atom is 0.144 e. The van der Waals surface area contributed by atoms with Gasteiger partial charge in [-0.15, -0.1) is 11.3 Å². The molecular weight excluding hydrogens is 376 g/mol. The molecule has 146 valence electrons. The number of para-hydroxylation sites is 1. The van der Waals surface area contributed by atoms with Gasteiger partial charge in [0, 0.05) is 29.4 Å². The molecule has 3 aromatic heterocycles. The molecular formula is C25H24N2OS. The van der Waals surface area contributed by atoms with Crippen molar-refractivity contribution in [1.29, 1.82) is 0 Å². The Kier molecular flexibility index (Phi) is 2.97. The molecule has 2 aromatic carbocycles. The van der Waals surface area contributed by atoms with E-state index < -0.39 is 18.6 Å². The molecule has 0 atom stereocenters. The third-order valence-electron chi connectivity index (χ3n) is 4.81. The first kappa shape index (κ1) is 13.5. The van der Waals surface area contributed by atoms with Crippen LogP contribution in [0, 0.1) is 19.2 Å². The van der Waals surface area contributed by atoms with Crippen LogP contribution in [0.4, 0.5) is 0 Å². The molecule has 0 saturated heterocycles. The number of aromatic nitrogens is 2. The Balaban J connectivity index is 1.80. The molecule has 0 spiro atoms. The average molecular weight is 406 g/mol. The Morgan fingerprint density at radius 3 is 2.86 bits per heavy atom. The second kappa shape index (κ2) is 6.39. The first-order valence-corrected chi connectivity index (χ1v) is 10.3. The van der Waals surface area contributed by atoms with E-state index in [1.54, 1.807) is 38.2 Å². The van der Waals surface area contributed by atoms with Crippen LogP contribution in [0.25, 0.3) is 43.4 Å². The van der Waals surface area contributed by atoms with E-state index in [-0.39, 0.29) is 11.1 Å². The number of pyridine rings is 1. The highest BCUT2D eigenvalue weighted by Gasteiger charge is 2.18. The van der Waals surface area contributed by atoms with Crippen LogP contribution in [0.3, 0.4) is 0 Å². The van der Waals surface area contributed by atoms with Crippen LogP contribution >= 0.6 is 11.3 Å². The van der Waals surface area contributed by atoms with Gasteiger partial charge in [-0.3, -0.25) is 4.98 Å². The van der Waals surface area contributed by atoms with Crippen LogP contribution < -0.4 is 0 Å². The van der Waals surface area contributed by atoms with Crippen LogP contribution in [0.2, 0.25) is 0 Å². The lowest BCUT2D eigenvalue weighted by atomic mass is 9.86. The molecule has 0 aliphatic heterocycles. The first-order valence-electron chi connectivity index (χ1n) is 12.0. The smallest absolute Gasteiger partial charge is 0.144 e. The van der Waals surface area contributed by atoms with E-state index in [1.165, 1.54) is 6.20 Å². The molecule has 3 nitrogen and oxygen atoms in total. The van der Waals surface area contributed by atoms with Gasteiger partial charge in [0.2, 0.25) is 0 Å². The Labute approximate surface area is 181 Å². The molecule has 0 fully saturated rings. The van der Waals surface area contributed by atoms with E-state index in [0.29, 0.717) is 16.8 Å². The largest absolute Gasteiger partial charge is 0.455 e. The van der Waals surface area contributed by atoms with Crippen LogP contribution in [-0.2, 0) is 6.37 Å². The van der Waals surface area contributed by atoms with Crippen LogP contribution in [-0.4, -0.2) is 9.97 Å². The lowest BCUT2D eigenvalue weighted by molar-refractivity contribution is 0.410. The number of aryl methyl sites for hydroxylation is 2. The SMILES string of the molecule is [2H]C([2H])([2H])c1cnc(-c2cccc3c2oc2ccc4nc(C)sc4c23)cc1C([2H])([2H])C(C)(C)C. The highest BCUT2D eigenvalue weighted by Crippen LogP contribution is 2.40. The third-order valence-corrected chi connectivity index (χ3v) is 5.82. The number of thiazole rings is 1. The van der Waals surface area contributed by atoms with Crippen molar-refractivity contribution >= 4 is 43.5 Å². The van der Waals surface area contributed by atoms with Gasteiger partial charge in [0.05, 0.1) is 20.9 Å². The molecule has 0 amide bonds. The molecule has 0 bridgehead atoms. The molecule has 0 aliphatic carbocycles. The summed E-state index contributed by atoms with van der Waals surface area (Å²) in [6, 6.07) is 11.2. The molecule has 0 radical (unpaired) electrons. The summed E-state index contributed by atoms with van der Waals surface area (Å²) in [7, 11) is 0. The highest BCUT2D eigenvalue weighted by molar-refractivity contribution is 7.19. The zero-order valence-corrected chi connectivity index (χ0v) is 17.6. The molecule has 0 unspecified atom stereocenters. The zero-order valence-electron chi connectivity index (χ0n) is 21.8. The van der Waals surface area contributed by atoms with Gasteiger partial charge in [-0.25, -0.2) is 4.98 Å². The number of fused-ring (bicyclic) bond motifs is 5. The third kappa shape index (κ3) is 3.12. The van der Waals surface area contributed by atoms with Gasteiger partial charge < -0.3 is 4.42 Å². The van der Waals surface area contributed by atoms with E-state index in [0.717, 1.165) is 31.6 Å². The van der Waals surface area contributed by atoms with Crippen LogP contribution in [0.1, 0.15) is 43.8 Å². The number of hydrogen-bond acceptors (Lipinski definition) is 4. The minimum atomic E-state index is -2.49. The van der Waals surface area contributed by atoms with Crippen LogP contribution in [0.15, 0.2) is 47.0 Å². The first-order chi connectivity index (χ1) is 15.8. The fourth-order valence-electron chi connectivity index (χ4n) is 3.69. The van der Waals surface area contributed by atoms with Gasteiger partial charge in [-0.05, 0) is 61.0 Å². The average Bonchev–Trinajstić information content (AvgIpc) is 3.30. The number of hydrogen-bond donors (Lipinski definition) is 0. The molecule has 5 rings (SSSR count). The fourth-order valence-corrected chi connectivity index (χ4v) is 4.66. The molecule has 4 heteroatoms. The van der Waals surface area contributed by atoms with E-state index in [2.05, 4.69) is 9.97 Å². The van der Waals surface area contributed by atoms with Crippen molar-refractivity contribution in [1.82, 2.24) is 9.97 Å². The van der Waals surface area contributed by atoms with E-state index in [9.17, 15) is 0 Å². The maximum atomic E-state index is 8.80. The van der Waals surface area contributed by atoms with Crippen molar-refractivity contribution in [3.63, 3.8) is 0 Å². The molecule has 29 heavy (non-hydrogen) atoms. The summed E-state index contributed by atoms with van der Waals surface area (Å²) >= 11 is 1.62. The standard InChI is InChI=1S/C25H24N2OS/c1-14-13-26-20(11-16(14)12-25(3,4)5)17-7-6-8-18-22-21(28-23(17)18)10-9-19-24(22)29-15(2)27-19/h6-11,13H,12H2,1-5H3/i1D3,12D2. The second-order valence-electron chi connectivity index (χ2n) is 8.29. The van der Waals surface area contributed by atoms with Crippen molar-refractivity contribution in [2.45, 2.75) is 40.9 Å². The van der Waals surface area contributed by atoms with E-state index in [1.807, 2.05) is 37.3 Å². The topological polar surface area (TPSA) is 38.9 Å². The lowest BCUT2D eigenvalue weighted by Gasteiger charge is -2.20. The second-order valence-corrected chi connectivity index (χ2v) is 9.50. The molecule has 0 saturated carbocycles. The predicted octanol–water partition coefficient (Wildman–Crippen LogP) is 7.46. The Morgan fingerprint density at radius 2 is 2.07 bits per heavy atom. The predicted molar refractivity (Wildman–Crippen MR) is 123 cm³/mol. The number of nitrogens with zero attached hydrogens (tertiary/aromatic N) is 2. The minimum Gasteiger partial charge on any atom is -0.455 e. The summed E-state index contributed by atoms with van der Waals surface area (Å²) in [5.74, 6) is 0. The fraction of sp³-hybridized carbons (Fsp3) is 0.280. The van der Waals surface area contributed by atoms with Crippen LogP contribution in [0.5, 0.6) is 0 Å². The summed E-state index contributed by atoms with van der Waals surface area (Å²) in [5.41, 5.74) is 2.67. The molecule has 0 aliphatic rings. The Hall–Kier alpha value is -2.72. The Morgan fingerprint density at radius 1 is 1.21 bits per heavy atom. The lowest BCUT2D eigenvalue weighted by Crippen LogP contribution is -2.10. The number of rotatable bonds is 2. The number of furan rings is 1. The van der Waals surface area contributed by atoms with Gasteiger partial charge >= 0.3 is 0 Å². The van der Waals surface area contributed by atoms with Gasteiger partial charge in [-0.2, -0.15) is 0 Å². The zero-order chi connectivity index (χ0) is 24.6. The Bertz CT molecular complexity index is 1570. The quantitative estimate of drug-likeness (QED) is 0.306. The van der Waals surface area contributed by atoms with Gasteiger partial charge in [0.25, 0.3) is 0 Å². The molecule has 3 heterocycles. The molecule has 0 N–H and O–H groups in total. The van der Waals surface area contributed by atoms with Crippen molar-refractivity contribution < 1.29 is 11.3 Å². The normalized spacial score (nSPS) is 15.9. The van der Waals surface area contributed by atoms with Crippen molar-refractivity contribution in [2.75, 3.05) is 0 Å². The summed E-state index contributed by atoms with van der Waals surface area (Å²) in [4.78, 5) is 9.06. The van der Waals surface area contributed by atoms with E-state index in [4.69, 9.17) is 11.3 Å².